The summed E-state index contributed by atoms with van der Waals surface area (Å²) in [5.41, 5.74) is 0.642. The minimum Gasteiger partial charge on any atom is -0.285 e. The van der Waals surface area contributed by atoms with E-state index in [4.69, 9.17) is 23.2 Å². The number of halogens is 2. The SMILES string of the molecule is CC(C)[C@H](NS(=O)(=O)c1cc(Cl)ccc1Cl)c1nnc2ccccn12. The third-order valence-corrected chi connectivity index (χ3v) is 5.91. The van der Waals surface area contributed by atoms with E-state index in [0.717, 1.165) is 0 Å². The molecule has 2 aromatic heterocycles. The molecule has 1 aromatic carbocycles. The van der Waals surface area contributed by atoms with Crippen LogP contribution < -0.4 is 4.72 Å². The molecule has 0 saturated carbocycles. The zero-order chi connectivity index (χ0) is 18.2. The largest absolute Gasteiger partial charge is 0.285 e. The van der Waals surface area contributed by atoms with Gasteiger partial charge >= 0.3 is 0 Å². The van der Waals surface area contributed by atoms with Gasteiger partial charge in [0.2, 0.25) is 10.0 Å². The molecule has 25 heavy (non-hydrogen) atoms. The summed E-state index contributed by atoms with van der Waals surface area (Å²) in [4.78, 5) is -0.0684. The van der Waals surface area contributed by atoms with Gasteiger partial charge in [0.25, 0.3) is 0 Å². The van der Waals surface area contributed by atoms with Crippen LogP contribution in [-0.4, -0.2) is 23.0 Å². The highest BCUT2D eigenvalue weighted by Gasteiger charge is 2.29. The molecule has 0 fully saturated rings. The van der Waals surface area contributed by atoms with Gasteiger partial charge in [-0.25, -0.2) is 13.1 Å². The van der Waals surface area contributed by atoms with Crippen LogP contribution in [0.1, 0.15) is 25.7 Å². The molecular formula is C16H16Cl2N4O2S. The van der Waals surface area contributed by atoms with Crippen molar-refractivity contribution < 1.29 is 8.42 Å². The molecular weight excluding hydrogens is 383 g/mol. The van der Waals surface area contributed by atoms with Crippen LogP contribution in [0.25, 0.3) is 5.65 Å². The van der Waals surface area contributed by atoms with E-state index in [2.05, 4.69) is 14.9 Å². The summed E-state index contributed by atoms with van der Waals surface area (Å²) in [6.07, 6.45) is 1.79. The fourth-order valence-electron chi connectivity index (χ4n) is 2.47. The topological polar surface area (TPSA) is 76.4 Å². The normalized spacial score (nSPS) is 13.5. The van der Waals surface area contributed by atoms with Crippen LogP contribution in [-0.2, 0) is 10.0 Å². The van der Waals surface area contributed by atoms with Crippen molar-refractivity contribution in [1.29, 1.82) is 0 Å². The highest BCUT2D eigenvalue weighted by molar-refractivity contribution is 7.89. The van der Waals surface area contributed by atoms with E-state index in [9.17, 15) is 8.42 Å². The molecule has 0 bridgehead atoms. The predicted molar refractivity (Wildman–Crippen MR) is 97.3 cm³/mol. The van der Waals surface area contributed by atoms with Crippen molar-refractivity contribution in [3.05, 3.63) is 58.5 Å². The van der Waals surface area contributed by atoms with Crippen molar-refractivity contribution in [3.8, 4) is 0 Å². The van der Waals surface area contributed by atoms with Crippen LogP contribution >= 0.6 is 23.2 Å². The molecule has 0 radical (unpaired) electrons. The van der Waals surface area contributed by atoms with Gasteiger partial charge in [0.05, 0.1) is 11.1 Å². The molecule has 0 amide bonds. The van der Waals surface area contributed by atoms with E-state index in [0.29, 0.717) is 16.5 Å². The summed E-state index contributed by atoms with van der Waals surface area (Å²) < 4.78 is 30.1. The lowest BCUT2D eigenvalue weighted by Crippen LogP contribution is -2.33. The average molecular weight is 399 g/mol. The monoisotopic (exact) mass is 398 g/mol. The van der Waals surface area contributed by atoms with Gasteiger partial charge in [0.15, 0.2) is 11.5 Å². The molecule has 0 saturated heterocycles. The quantitative estimate of drug-likeness (QED) is 0.710. The minimum atomic E-state index is -3.90. The van der Waals surface area contributed by atoms with Crippen LogP contribution in [0.3, 0.4) is 0 Å². The molecule has 1 atom stereocenters. The third kappa shape index (κ3) is 3.64. The van der Waals surface area contributed by atoms with Crippen molar-refractivity contribution in [2.24, 2.45) is 5.92 Å². The zero-order valence-electron chi connectivity index (χ0n) is 13.5. The maximum absolute atomic E-state index is 12.8. The third-order valence-electron chi connectivity index (χ3n) is 3.75. The first-order valence-corrected chi connectivity index (χ1v) is 9.80. The Balaban J connectivity index is 2.04. The summed E-state index contributed by atoms with van der Waals surface area (Å²) in [7, 11) is -3.90. The van der Waals surface area contributed by atoms with Gasteiger partial charge in [-0.15, -0.1) is 10.2 Å². The highest BCUT2D eigenvalue weighted by Crippen LogP contribution is 2.28. The molecule has 0 aliphatic heterocycles. The zero-order valence-corrected chi connectivity index (χ0v) is 15.8. The summed E-state index contributed by atoms with van der Waals surface area (Å²) in [5.74, 6) is 0.438. The number of hydrogen-bond donors (Lipinski definition) is 1. The smallest absolute Gasteiger partial charge is 0.242 e. The Kier molecular flexibility index (Phi) is 5.02. The van der Waals surface area contributed by atoms with Crippen molar-refractivity contribution >= 4 is 38.9 Å². The molecule has 0 unspecified atom stereocenters. The van der Waals surface area contributed by atoms with E-state index in [1.807, 2.05) is 26.0 Å². The first kappa shape index (κ1) is 18.1. The number of hydrogen-bond acceptors (Lipinski definition) is 4. The van der Waals surface area contributed by atoms with Gasteiger partial charge in [-0.05, 0) is 36.2 Å². The number of aromatic nitrogens is 3. The van der Waals surface area contributed by atoms with Crippen LogP contribution in [0.4, 0.5) is 0 Å². The maximum atomic E-state index is 12.8. The molecule has 1 N–H and O–H groups in total. The number of benzene rings is 1. The molecule has 132 valence electrons. The molecule has 0 spiro atoms. The van der Waals surface area contributed by atoms with E-state index in [-0.39, 0.29) is 15.8 Å². The number of fused-ring (bicyclic) bond motifs is 1. The fraction of sp³-hybridized carbons (Fsp3) is 0.250. The second-order valence-electron chi connectivity index (χ2n) is 5.90. The van der Waals surface area contributed by atoms with Gasteiger partial charge < -0.3 is 0 Å². The second-order valence-corrected chi connectivity index (χ2v) is 8.43. The van der Waals surface area contributed by atoms with Crippen LogP contribution in [0.2, 0.25) is 10.0 Å². The fourth-order valence-corrected chi connectivity index (χ4v) is 4.58. The number of sulfonamides is 1. The summed E-state index contributed by atoms with van der Waals surface area (Å²) in [6, 6.07) is 9.21. The van der Waals surface area contributed by atoms with E-state index < -0.39 is 16.1 Å². The van der Waals surface area contributed by atoms with Gasteiger partial charge in [-0.1, -0.05) is 43.1 Å². The molecule has 3 aromatic rings. The van der Waals surface area contributed by atoms with Gasteiger partial charge in [-0.3, -0.25) is 4.40 Å². The first-order chi connectivity index (χ1) is 11.8. The van der Waals surface area contributed by atoms with Gasteiger partial charge in [0.1, 0.15) is 4.90 Å². The number of nitrogens with zero attached hydrogens (tertiary/aromatic N) is 3. The van der Waals surface area contributed by atoms with Crippen molar-refractivity contribution in [2.45, 2.75) is 24.8 Å². The number of nitrogens with one attached hydrogen (secondary N) is 1. The standard InChI is InChI=1S/C16H16Cl2N4O2S/c1-10(2)15(16-20-19-14-5-3-4-8-22(14)16)21-25(23,24)13-9-11(17)6-7-12(13)18/h3-10,15,21H,1-2H3/t15-/m0/s1. The molecule has 0 aliphatic rings. The van der Waals surface area contributed by atoms with Gasteiger partial charge in [0, 0.05) is 11.2 Å². The Morgan fingerprint density at radius 2 is 1.88 bits per heavy atom. The summed E-state index contributed by atoms with van der Waals surface area (Å²) >= 11 is 12.0. The molecule has 0 aliphatic carbocycles. The minimum absolute atomic E-state index is 0.0684. The van der Waals surface area contributed by atoms with Crippen molar-refractivity contribution in [1.82, 2.24) is 19.3 Å². The number of pyridine rings is 1. The lowest BCUT2D eigenvalue weighted by Gasteiger charge is -2.21. The lowest BCUT2D eigenvalue weighted by molar-refractivity contribution is 0.441. The number of rotatable bonds is 5. The van der Waals surface area contributed by atoms with E-state index >= 15 is 0 Å². The first-order valence-electron chi connectivity index (χ1n) is 7.56. The average Bonchev–Trinajstić information content (AvgIpc) is 2.98. The molecule has 9 heteroatoms. The van der Waals surface area contributed by atoms with Crippen LogP contribution in [0.15, 0.2) is 47.5 Å². The van der Waals surface area contributed by atoms with E-state index in [1.165, 1.54) is 18.2 Å². The molecule has 3 rings (SSSR count). The Morgan fingerprint density at radius 3 is 2.60 bits per heavy atom. The van der Waals surface area contributed by atoms with Crippen molar-refractivity contribution in [3.63, 3.8) is 0 Å². The van der Waals surface area contributed by atoms with Gasteiger partial charge in [-0.2, -0.15) is 0 Å². The predicted octanol–water partition coefficient (Wildman–Crippen LogP) is 3.71. The lowest BCUT2D eigenvalue weighted by atomic mass is 10.1. The Hall–Kier alpha value is -1.67. The summed E-state index contributed by atoms with van der Waals surface area (Å²) in [5, 5.41) is 8.64. The van der Waals surface area contributed by atoms with Crippen molar-refractivity contribution in [2.75, 3.05) is 0 Å². The van der Waals surface area contributed by atoms with E-state index in [1.54, 1.807) is 16.7 Å². The Bertz CT molecular complexity index is 1020. The Labute approximate surface area is 155 Å². The Morgan fingerprint density at radius 1 is 1.12 bits per heavy atom. The highest BCUT2D eigenvalue weighted by atomic mass is 35.5. The molecule has 2 heterocycles. The van der Waals surface area contributed by atoms with Crippen LogP contribution in [0, 0.1) is 5.92 Å². The summed E-state index contributed by atoms with van der Waals surface area (Å²) in [6.45, 7) is 3.80. The molecule has 6 nitrogen and oxygen atoms in total. The maximum Gasteiger partial charge on any atom is 0.242 e. The van der Waals surface area contributed by atoms with Crippen LogP contribution in [0.5, 0.6) is 0 Å². The second kappa shape index (κ2) is 6.92.